The Kier molecular flexibility index (Phi) is 6.68. The van der Waals surface area contributed by atoms with Crippen LogP contribution in [-0.2, 0) is 10.2 Å². The van der Waals surface area contributed by atoms with Crippen molar-refractivity contribution < 1.29 is 8.42 Å². The van der Waals surface area contributed by atoms with E-state index in [1.807, 2.05) is 20.8 Å². The first kappa shape index (κ1) is 14.2. The molecule has 86 valence electrons. The van der Waals surface area contributed by atoms with Crippen LogP contribution in [0.25, 0.3) is 0 Å². The molecular weight excluding hydrogens is 224 g/mol. The number of hydrogen-bond donors (Lipinski definition) is 1. The Balaban J connectivity index is 4.32. The van der Waals surface area contributed by atoms with Crippen LogP contribution in [0.4, 0.5) is 0 Å². The van der Waals surface area contributed by atoms with Crippen LogP contribution in [0.1, 0.15) is 27.2 Å². The summed E-state index contributed by atoms with van der Waals surface area (Å²) >= 11 is 5.52. The normalized spacial score (nSPS) is 14.6. The van der Waals surface area contributed by atoms with Gasteiger partial charge in [0, 0.05) is 25.0 Å². The van der Waals surface area contributed by atoms with Gasteiger partial charge in [0.05, 0.1) is 0 Å². The van der Waals surface area contributed by atoms with E-state index in [1.165, 1.54) is 4.31 Å². The zero-order valence-corrected chi connectivity index (χ0v) is 10.5. The van der Waals surface area contributed by atoms with Gasteiger partial charge in [0.25, 0.3) is 10.2 Å². The van der Waals surface area contributed by atoms with E-state index >= 15 is 0 Å². The third kappa shape index (κ3) is 4.59. The standard InChI is InChI=1S/C8H19ClN2O2S/c1-4-11(5-2)14(12,13)10-8(3)6-7-9/h8,10H,4-7H2,1-3H3. The second-order valence-electron chi connectivity index (χ2n) is 3.09. The van der Waals surface area contributed by atoms with Gasteiger partial charge in [-0.1, -0.05) is 13.8 Å². The summed E-state index contributed by atoms with van der Waals surface area (Å²) in [6.45, 7) is 6.41. The number of nitrogens with zero attached hydrogens (tertiary/aromatic N) is 1. The van der Waals surface area contributed by atoms with Crippen LogP contribution in [0.2, 0.25) is 0 Å². The van der Waals surface area contributed by atoms with E-state index in [2.05, 4.69) is 4.72 Å². The average Bonchev–Trinajstić information content (AvgIpc) is 2.04. The summed E-state index contributed by atoms with van der Waals surface area (Å²) < 4.78 is 27.3. The van der Waals surface area contributed by atoms with Gasteiger partial charge >= 0.3 is 0 Å². The number of nitrogens with one attached hydrogen (secondary N) is 1. The Labute approximate surface area is 91.8 Å². The van der Waals surface area contributed by atoms with Crippen LogP contribution in [-0.4, -0.2) is 37.7 Å². The van der Waals surface area contributed by atoms with Crippen molar-refractivity contribution in [1.29, 1.82) is 0 Å². The van der Waals surface area contributed by atoms with Gasteiger partial charge in [-0.2, -0.15) is 17.4 Å². The number of alkyl halides is 1. The molecule has 4 nitrogen and oxygen atoms in total. The van der Waals surface area contributed by atoms with Gasteiger partial charge in [-0.3, -0.25) is 0 Å². The van der Waals surface area contributed by atoms with Gasteiger partial charge < -0.3 is 0 Å². The second kappa shape index (κ2) is 6.61. The lowest BCUT2D eigenvalue weighted by Crippen LogP contribution is -2.44. The zero-order chi connectivity index (χ0) is 11.2. The summed E-state index contributed by atoms with van der Waals surface area (Å²) in [6.07, 6.45) is 0.641. The van der Waals surface area contributed by atoms with Crippen molar-refractivity contribution >= 4 is 21.8 Å². The Hall–Kier alpha value is 0.160. The van der Waals surface area contributed by atoms with Crippen molar-refractivity contribution in [3.63, 3.8) is 0 Å². The third-order valence-corrected chi connectivity index (χ3v) is 4.05. The van der Waals surface area contributed by atoms with Crippen molar-refractivity contribution in [2.24, 2.45) is 0 Å². The van der Waals surface area contributed by atoms with Crippen LogP contribution in [0.3, 0.4) is 0 Å². The SMILES string of the molecule is CCN(CC)S(=O)(=O)NC(C)CCCl. The molecule has 14 heavy (non-hydrogen) atoms. The Morgan fingerprint density at radius 1 is 1.36 bits per heavy atom. The fourth-order valence-corrected chi connectivity index (χ4v) is 2.90. The summed E-state index contributed by atoms with van der Waals surface area (Å²) in [5.74, 6) is 0.460. The first-order valence-corrected chi connectivity index (χ1v) is 6.78. The van der Waals surface area contributed by atoms with Crippen LogP contribution in [0, 0.1) is 0 Å². The van der Waals surface area contributed by atoms with Crippen LogP contribution >= 0.6 is 11.6 Å². The molecule has 0 fully saturated rings. The Bertz CT molecular complexity index is 240. The first-order chi connectivity index (χ1) is 6.47. The van der Waals surface area contributed by atoms with E-state index in [4.69, 9.17) is 11.6 Å². The molecule has 0 aliphatic carbocycles. The second-order valence-corrected chi connectivity index (χ2v) is 5.17. The van der Waals surface area contributed by atoms with Crippen LogP contribution in [0.5, 0.6) is 0 Å². The van der Waals surface area contributed by atoms with E-state index in [-0.39, 0.29) is 6.04 Å². The molecule has 0 heterocycles. The highest BCUT2D eigenvalue weighted by atomic mass is 35.5. The molecule has 0 rings (SSSR count). The fourth-order valence-electron chi connectivity index (χ4n) is 1.11. The van der Waals surface area contributed by atoms with Crippen molar-refractivity contribution in [3.8, 4) is 0 Å². The van der Waals surface area contributed by atoms with Gasteiger partial charge in [-0.05, 0) is 13.3 Å². The highest BCUT2D eigenvalue weighted by Gasteiger charge is 2.20. The Morgan fingerprint density at radius 2 is 1.86 bits per heavy atom. The van der Waals surface area contributed by atoms with Gasteiger partial charge in [0.1, 0.15) is 0 Å². The molecule has 1 N–H and O–H groups in total. The minimum Gasteiger partial charge on any atom is -0.199 e. The minimum absolute atomic E-state index is 0.113. The van der Waals surface area contributed by atoms with E-state index in [9.17, 15) is 8.42 Å². The summed E-state index contributed by atoms with van der Waals surface area (Å²) in [5.41, 5.74) is 0. The van der Waals surface area contributed by atoms with Crippen LogP contribution < -0.4 is 4.72 Å². The molecule has 0 radical (unpaired) electrons. The van der Waals surface area contributed by atoms with Gasteiger partial charge in [-0.25, -0.2) is 0 Å². The molecule has 0 aromatic carbocycles. The van der Waals surface area contributed by atoms with Crippen LogP contribution in [0.15, 0.2) is 0 Å². The highest BCUT2D eigenvalue weighted by molar-refractivity contribution is 7.87. The van der Waals surface area contributed by atoms with E-state index in [1.54, 1.807) is 0 Å². The van der Waals surface area contributed by atoms with Crippen molar-refractivity contribution in [2.75, 3.05) is 19.0 Å². The molecule has 1 unspecified atom stereocenters. The topological polar surface area (TPSA) is 49.4 Å². The smallest absolute Gasteiger partial charge is 0.199 e. The molecule has 0 amide bonds. The van der Waals surface area contributed by atoms with Gasteiger partial charge in [0.15, 0.2) is 0 Å². The monoisotopic (exact) mass is 242 g/mol. The van der Waals surface area contributed by atoms with E-state index < -0.39 is 10.2 Å². The fraction of sp³-hybridized carbons (Fsp3) is 1.00. The maximum atomic E-state index is 11.6. The maximum absolute atomic E-state index is 11.6. The van der Waals surface area contributed by atoms with Crippen molar-refractivity contribution in [3.05, 3.63) is 0 Å². The molecule has 0 aliphatic heterocycles. The lowest BCUT2D eigenvalue weighted by molar-refractivity contribution is 0.426. The predicted molar refractivity (Wildman–Crippen MR) is 59.8 cm³/mol. The molecule has 0 saturated heterocycles. The van der Waals surface area contributed by atoms with E-state index in [0.29, 0.717) is 25.4 Å². The summed E-state index contributed by atoms with van der Waals surface area (Å²) in [7, 11) is -3.32. The highest BCUT2D eigenvalue weighted by Crippen LogP contribution is 2.01. The number of rotatable bonds is 7. The molecule has 0 aromatic rings. The molecule has 0 aromatic heterocycles. The van der Waals surface area contributed by atoms with Crippen molar-refractivity contribution in [2.45, 2.75) is 33.2 Å². The molecule has 0 bridgehead atoms. The summed E-state index contributed by atoms with van der Waals surface area (Å²) in [5, 5.41) is 0. The Morgan fingerprint density at radius 3 is 2.21 bits per heavy atom. The summed E-state index contributed by atoms with van der Waals surface area (Å²) in [6, 6.07) is -0.113. The quantitative estimate of drug-likeness (QED) is 0.682. The lowest BCUT2D eigenvalue weighted by atomic mass is 10.3. The minimum atomic E-state index is -3.32. The molecule has 0 spiro atoms. The first-order valence-electron chi connectivity index (χ1n) is 4.81. The summed E-state index contributed by atoms with van der Waals surface area (Å²) in [4.78, 5) is 0. The largest absolute Gasteiger partial charge is 0.279 e. The third-order valence-electron chi connectivity index (χ3n) is 1.94. The molecule has 0 aliphatic rings. The molecule has 0 saturated carbocycles. The zero-order valence-electron chi connectivity index (χ0n) is 8.96. The van der Waals surface area contributed by atoms with Crippen molar-refractivity contribution in [1.82, 2.24) is 9.03 Å². The van der Waals surface area contributed by atoms with Gasteiger partial charge in [-0.15, -0.1) is 11.6 Å². The average molecular weight is 243 g/mol. The number of halogens is 1. The molecular formula is C8H19ClN2O2S. The molecule has 6 heteroatoms. The van der Waals surface area contributed by atoms with E-state index in [0.717, 1.165) is 0 Å². The maximum Gasteiger partial charge on any atom is 0.279 e. The predicted octanol–water partition coefficient (Wildman–Crippen LogP) is 1.18. The molecule has 1 atom stereocenters. The lowest BCUT2D eigenvalue weighted by Gasteiger charge is -2.21. The van der Waals surface area contributed by atoms with Gasteiger partial charge in [0.2, 0.25) is 0 Å². The number of hydrogen-bond acceptors (Lipinski definition) is 2.